The molecule has 0 bridgehead atoms. The average Bonchev–Trinajstić information content (AvgIpc) is 2.26. The van der Waals surface area contributed by atoms with Crippen LogP contribution in [-0.4, -0.2) is 41.0 Å². The normalized spacial score (nSPS) is 10.4. The molecule has 1 N–H and O–H groups in total. The van der Waals surface area contributed by atoms with Crippen molar-refractivity contribution in [2.75, 3.05) is 18.5 Å². The van der Waals surface area contributed by atoms with E-state index >= 15 is 0 Å². The monoisotopic (exact) mass is 261 g/mol. The predicted octanol–water partition coefficient (Wildman–Crippen LogP) is 1.39. The fourth-order valence-corrected chi connectivity index (χ4v) is 1.28. The van der Waals surface area contributed by atoms with Crippen LogP contribution < -0.4 is 4.90 Å². The van der Waals surface area contributed by atoms with Crippen LogP contribution >= 0.6 is 0 Å². The Bertz CT molecular complexity index is 481. The molecule has 18 heavy (non-hydrogen) atoms. The first kappa shape index (κ1) is 13.7. The lowest BCUT2D eigenvalue weighted by Gasteiger charge is -2.17. The number of nitro groups is 1. The van der Waals surface area contributed by atoms with Gasteiger partial charge < -0.3 is 10.0 Å². The second-order valence-electron chi connectivity index (χ2n) is 3.37. The Hall–Kier alpha value is -2.32. The summed E-state index contributed by atoms with van der Waals surface area (Å²) in [6, 6.07) is 1.87. The average molecular weight is 261 g/mol. The van der Waals surface area contributed by atoms with Crippen molar-refractivity contribution in [1.82, 2.24) is 4.98 Å². The Kier molecular flexibility index (Phi) is 4.08. The smallest absolute Gasteiger partial charge is 0.354 e. The molecule has 0 atom stereocenters. The predicted molar refractivity (Wildman–Crippen MR) is 57.1 cm³/mol. The summed E-state index contributed by atoms with van der Waals surface area (Å²) in [7, 11) is 1.17. The second kappa shape index (κ2) is 5.34. The minimum absolute atomic E-state index is 0.403. The minimum atomic E-state index is -2.72. The lowest BCUT2D eigenvalue weighted by Crippen LogP contribution is -2.26. The Morgan fingerprint density at radius 1 is 1.61 bits per heavy atom. The SMILES string of the molecule is CN(CC(F)F)c1nc(C(=O)O)ccc1[N+](=O)[O-]. The topological polar surface area (TPSA) is 96.6 Å². The van der Waals surface area contributed by atoms with Gasteiger partial charge in [0.2, 0.25) is 5.82 Å². The highest BCUT2D eigenvalue weighted by atomic mass is 19.3. The number of nitrogens with zero attached hydrogens (tertiary/aromatic N) is 3. The van der Waals surface area contributed by atoms with Crippen molar-refractivity contribution in [3.63, 3.8) is 0 Å². The van der Waals surface area contributed by atoms with Gasteiger partial charge in [0.05, 0.1) is 11.5 Å². The molecule has 0 aliphatic carbocycles. The van der Waals surface area contributed by atoms with E-state index in [0.717, 1.165) is 17.0 Å². The van der Waals surface area contributed by atoms with Crippen molar-refractivity contribution >= 4 is 17.5 Å². The van der Waals surface area contributed by atoms with Crippen LogP contribution in [0.25, 0.3) is 0 Å². The molecule has 1 aromatic rings. The summed E-state index contributed by atoms with van der Waals surface area (Å²) in [4.78, 5) is 24.9. The summed E-state index contributed by atoms with van der Waals surface area (Å²) in [5.74, 6) is -1.79. The molecule has 0 unspecified atom stereocenters. The molecule has 1 aromatic heterocycles. The number of aromatic nitrogens is 1. The molecule has 9 heteroatoms. The van der Waals surface area contributed by atoms with Crippen molar-refractivity contribution in [3.05, 3.63) is 27.9 Å². The summed E-state index contributed by atoms with van der Waals surface area (Å²) in [5, 5.41) is 19.4. The number of alkyl halides is 2. The quantitative estimate of drug-likeness (QED) is 0.635. The Balaban J connectivity index is 3.22. The van der Waals surface area contributed by atoms with E-state index in [-0.39, 0.29) is 0 Å². The number of hydrogen-bond donors (Lipinski definition) is 1. The van der Waals surface area contributed by atoms with Gasteiger partial charge in [-0.2, -0.15) is 0 Å². The molecule has 0 saturated heterocycles. The van der Waals surface area contributed by atoms with E-state index in [1.165, 1.54) is 7.05 Å². The molecule has 0 amide bonds. The number of hydrogen-bond acceptors (Lipinski definition) is 5. The maximum absolute atomic E-state index is 12.2. The number of carbonyl (C=O) groups is 1. The lowest BCUT2D eigenvalue weighted by molar-refractivity contribution is -0.384. The van der Waals surface area contributed by atoms with E-state index in [1.807, 2.05) is 0 Å². The summed E-state index contributed by atoms with van der Waals surface area (Å²) in [6.45, 7) is -0.781. The molecule has 0 radical (unpaired) electrons. The Morgan fingerprint density at radius 3 is 2.67 bits per heavy atom. The maximum Gasteiger partial charge on any atom is 0.354 e. The van der Waals surface area contributed by atoms with Gasteiger partial charge in [0, 0.05) is 13.1 Å². The van der Waals surface area contributed by atoms with Gasteiger partial charge in [0.25, 0.3) is 6.43 Å². The molecule has 98 valence electrons. The number of carboxylic acids is 1. The highest BCUT2D eigenvalue weighted by molar-refractivity contribution is 5.86. The Morgan fingerprint density at radius 2 is 2.22 bits per heavy atom. The van der Waals surface area contributed by atoms with Crippen LogP contribution in [0, 0.1) is 10.1 Å². The second-order valence-corrected chi connectivity index (χ2v) is 3.37. The van der Waals surface area contributed by atoms with Gasteiger partial charge in [-0.15, -0.1) is 0 Å². The first-order chi connectivity index (χ1) is 8.32. The molecule has 0 aromatic carbocycles. The number of rotatable bonds is 5. The van der Waals surface area contributed by atoms with Gasteiger partial charge in [-0.25, -0.2) is 18.6 Å². The van der Waals surface area contributed by atoms with Crippen LogP contribution in [0.1, 0.15) is 10.5 Å². The molecule has 0 fully saturated rings. The van der Waals surface area contributed by atoms with Crippen molar-refractivity contribution in [2.24, 2.45) is 0 Å². The highest BCUT2D eigenvalue weighted by Crippen LogP contribution is 2.25. The third-order valence-electron chi connectivity index (χ3n) is 2.04. The number of carboxylic acid groups (broad SMARTS) is 1. The largest absolute Gasteiger partial charge is 0.477 e. The number of aromatic carboxylic acids is 1. The van der Waals surface area contributed by atoms with E-state index in [1.54, 1.807) is 0 Å². The van der Waals surface area contributed by atoms with E-state index in [9.17, 15) is 23.7 Å². The first-order valence-electron chi connectivity index (χ1n) is 4.71. The van der Waals surface area contributed by atoms with Crippen molar-refractivity contribution in [3.8, 4) is 0 Å². The van der Waals surface area contributed by atoms with Crippen LogP contribution in [-0.2, 0) is 0 Å². The fraction of sp³-hybridized carbons (Fsp3) is 0.333. The van der Waals surface area contributed by atoms with Gasteiger partial charge in [-0.05, 0) is 6.07 Å². The minimum Gasteiger partial charge on any atom is -0.477 e. The van der Waals surface area contributed by atoms with E-state index < -0.39 is 41.1 Å². The van der Waals surface area contributed by atoms with E-state index in [4.69, 9.17) is 5.11 Å². The van der Waals surface area contributed by atoms with Crippen molar-refractivity contribution < 1.29 is 23.6 Å². The molecular weight excluding hydrogens is 252 g/mol. The summed E-state index contributed by atoms with van der Waals surface area (Å²) >= 11 is 0. The van der Waals surface area contributed by atoms with Gasteiger partial charge in [0.15, 0.2) is 5.69 Å². The van der Waals surface area contributed by atoms with Gasteiger partial charge in [0.1, 0.15) is 0 Å². The van der Waals surface area contributed by atoms with Gasteiger partial charge in [-0.1, -0.05) is 0 Å². The van der Waals surface area contributed by atoms with Gasteiger partial charge in [-0.3, -0.25) is 10.1 Å². The lowest BCUT2D eigenvalue weighted by atomic mass is 10.3. The zero-order valence-corrected chi connectivity index (χ0v) is 9.21. The fourth-order valence-electron chi connectivity index (χ4n) is 1.28. The summed E-state index contributed by atoms with van der Waals surface area (Å²) < 4.78 is 24.4. The van der Waals surface area contributed by atoms with Crippen LogP contribution in [0.3, 0.4) is 0 Å². The number of anilines is 1. The molecule has 0 aliphatic heterocycles. The third-order valence-corrected chi connectivity index (χ3v) is 2.04. The van der Waals surface area contributed by atoms with E-state index in [0.29, 0.717) is 0 Å². The third kappa shape index (κ3) is 3.09. The first-order valence-corrected chi connectivity index (χ1v) is 4.71. The van der Waals surface area contributed by atoms with Crippen molar-refractivity contribution in [2.45, 2.75) is 6.43 Å². The van der Waals surface area contributed by atoms with E-state index in [2.05, 4.69) is 4.98 Å². The van der Waals surface area contributed by atoms with Crippen LogP contribution in [0.2, 0.25) is 0 Å². The van der Waals surface area contributed by atoms with Crippen LogP contribution in [0.5, 0.6) is 0 Å². The highest BCUT2D eigenvalue weighted by Gasteiger charge is 2.23. The zero-order valence-electron chi connectivity index (χ0n) is 9.21. The molecule has 0 spiro atoms. The van der Waals surface area contributed by atoms with Crippen LogP contribution in [0.4, 0.5) is 20.3 Å². The number of halogens is 2. The molecule has 0 saturated carbocycles. The van der Waals surface area contributed by atoms with Crippen molar-refractivity contribution in [1.29, 1.82) is 0 Å². The molecule has 1 heterocycles. The molecule has 7 nitrogen and oxygen atoms in total. The Labute approximate surface area is 99.8 Å². The molecular formula is C9H9F2N3O4. The summed E-state index contributed by atoms with van der Waals surface area (Å²) in [5.41, 5.74) is -0.972. The van der Waals surface area contributed by atoms with Gasteiger partial charge >= 0.3 is 11.7 Å². The van der Waals surface area contributed by atoms with Crippen LogP contribution in [0.15, 0.2) is 12.1 Å². The standard InChI is InChI=1S/C9H9F2N3O4/c1-13(4-7(10)11)8-6(14(17)18)3-2-5(12-8)9(15)16/h2-3,7H,4H2,1H3,(H,15,16). The number of pyridine rings is 1. The zero-order chi connectivity index (χ0) is 13.9. The molecule has 0 aliphatic rings. The molecule has 1 rings (SSSR count). The maximum atomic E-state index is 12.2. The summed E-state index contributed by atoms with van der Waals surface area (Å²) in [6.07, 6.45) is -2.72.